The van der Waals surface area contributed by atoms with Crippen molar-refractivity contribution in [3.63, 3.8) is 0 Å². The molecule has 0 spiro atoms. The normalized spacial score (nSPS) is 13.8. The predicted molar refractivity (Wildman–Crippen MR) is 167 cm³/mol. The second kappa shape index (κ2) is 12.4. The number of pyridine rings is 1. The Morgan fingerprint density at radius 1 is 0.911 bits per heavy atom. The summed E-state index contributed by atoms with van der Waals surface area (Å²) in [5, 5.41) is 22.1. The molecule has 6 rings (SSSR count). The molecule has 45 heavy (non-hydrogen) atoms. The smallest absolute Gasteiger partial charge is 0.277 e. The molecule has 2 aromatic heterocycles. The Labute approximate surface area is 259 Å². The number of nitrogens with zero attached hydrogens (tertiary/aromatic N) is 3. The van der Waals surface area contributed by atoms with Gasteiger partial charge in [-0.1, -0.05) is 65.8 Å². The molecule has 0 aliphatic carbocycles. The molecule has 1 aliphatic heterocycles. The van der Waals surface area contributed by atoms with E-state index in [1.54, 1.807) is 42.5 Å². The number of carbonyl (C=O) groups is 1. The lowest BCUT2D eigenvalue weighted by Crippen LogP contribution is -2.37. The van der Waals surface area contributed by atoms with Gasteiger partial charge in [-0.15, -0.1) is 0 Å². The fourth-order valence-electron chi connectivity index (χ4n) is 4.61. The van der Waals surface area contributed by atoms with Crippen LogP contribution in [-0.4, -0.2) is 49.3 Å². The number of rotatable bonds is 5. The van der Waals surface area contributed by atoms with E-state index in [1.165, 1.54) is 37.5 Å². The Balaban J connectivity index is 0.000000178. The molecule has 1 aliphatic rings. The molecule has 0 fully saturated rings. The SMILES string of the molecule is CN1C(C(=O)Nc2ccccn2)=C(O)c2ccccc2S1(=O)=O.Cc1onc(-c2ccccc2)c1-c1ccc(S(N)(=O)=O)cc1. The molecule has 4 N–H and O–H groups in total. The third-order valence-corrected chi connectivity index (χ3v) is 9.57. The van der Waals surface area contributed by atoms with Crippen LogP contribution in [0.1, 0.15) is 11.3 Å². The van der Waals surface area contributed by atoms with Gasteiger partial charge in [-0.25, -0.2) is 27.0 Å². The van der Waals surface area contributed by atoms with Crippen molar-refractivity contribution in [3.05, 3.63) is 120 Å². The number of primary sulfonamides is 1. The van der Waals surface area contributed by atoms with Gasteiger partial charge in [0.05, 0.1) is 15.4 Å². The number of nitrogens with two attached hydrogens (primary N) is 1. The summed E-state index contributed by atoms with van der Waals surface area (Å²) in [5.74, 6) is -0.238. The molecule has 230 valence electrons. The van der Waals surface area contributed by atoms with Gasteiger partial charge >= 0.3 is 0 Å². The van der Waals surface area contributed by atoms with Crippen molar-refractivity contribution in [3.8, 4) is 22.4 Å². The molecule has 0 saturated heterocycles. The van der Waals surface area contributed by atoms with Crippen LogP contribution in [0, 0.1) is 6.92 Å². The summed E-state index contributed by atoms with van der Waals surface area (Å²) < 4.78 is 53.7. The summed E-state index contributed by atoms with van der Waals surface area (Å²) in [7, 11) is -6.39. The van der Waals surface area contributed by atoms with E-state index in [2.05, 4.69) is 15.5 Å². The number of aliphatic hydroxyl groups excluding tert-OH is 1. The highest BCUT2D eigenvalue weighted by atomic mass is 32.2. The van der Waals surface area contributed by atoms with Crippen LogP contribution in [0.15, 0.2) is 123 Å². The highest BCUT2D eigenvalue weighted by molar-refractivity contribution is 7.89. The Morgan fingerprint density at radius 3 is 2.20 bits per heavy atom. The largest absolute Gasteiger partial charge is 0.505 e. The quantitative estimate of drug-likeness (QED) is 0.247. The van der Waals surface area contributed by atoms with E-state index in [4.69, 9.17) is 9.66 Å². The molecule has 0 bridgehead atoms. The van der Waals surface area contributed by atoms with Crippen LogP contribution in [0.3, 0.4) is 0 Å². The zero-order valence-corrected chi connectivity index (χ0v) is 25.6. The fourth-order valence-corrected chi connectivity index (χ4v) is 6.52. The molecule has 12 nitrogen and oxygen atoms in total. The third kappa shape index (κ3) is 6.33. The van der Waals surface area contributed by atoms with E-state index in [-0.39, 0.29) is 26.9 Å². The lowest BCUT2D eigenvalue weighted by molar-refractivity contribution is -0.113. The first-order chi connectivity index (χ1) is 21.4. The van der Waals surface area contributed by atoms with E-state index < -0.39 is 31.7 Å². The maximum atomic E-state index is 12.5. The Morgan fingerprint density at radius 2 is 1.56 bits per heavy atom. The Hall–Kier alpha value is -5.31. The van der Waals surface area contributed by atoms with Gasteiger partial charge in [0.1, 0.15) is 17.3 Å². The predicted octanol–water partition coefficient (Wildman–Crippen LogP) is 4.55. The molecule has 0 unspecified atom stereocenters. The second-order valence-electron chi connectivity index (χ2n) is 9.73. The molecule has 1 amide bonds. The zero-order chi connectivity index (χ0) is 32.4. The van der Waals surface area contributed by atoms with E-state index in [9.17, 15) is 26.7 Å². The van der Waals surface area contributed by atoms with Gasteiger partial charge < -0.3 is 14.9 Å². The average molecular weight is 646 g/mol. The number of likely N-dealkylation sites (N-methyl/N-ethyl adjacent to an activating group) is 1. The maximum absolute atomic E-state index is 12.5. The summed E-state index contributed by atoms with van der Waals surface area (Å²) in [5.41, 5.74) is 3.06. The molecule has 0 atom stereocenters. The number of sulfonamides is 2. The first kappa shape index (κ1) is 31.1. The van der Waals surface area contributed by atoms with Crippen molar-refractivity contribution < 1.29 is 31.3 Å². The van der Waals surface area contributed by atoms with Crippen LogP contribution in [-0.2, 0) is 24.8 Å². The number of aryl methyl sites for hydroxylation is 1. The van der Waals surface area contributed by atoms with Crippen LogP contribution < -0.4 is 10.5 Å². The topological polar surface area (TPSA) is 186 Å². The van der Waals surface area contributed by atoms with Crippen LogP contribution >= 0.6 is 0 Å². The number of aliphatic hydroxyl groups is 1. The number of nitrogens with one attached hydrogen (secondary N) is 1. The maximum Gasteiger partial charge on any atom is 0.277 e. The molecule has 5 aromatic rings. The number of aromatic nitrogens is 2. The Bertz CT molecular complexity index is 2110. The summed E-state index contributed by atoms with van der Waals surface area (Å²) in [6, 6.07) is 26.9. The molecule has 3 heterocycles. The van der Waals surface area contributed by atoms with Gasteiger partial charge in [0.2, 0.25) is 10.0 Å². The number of carbonyl (C=O) groups excluding carboxylic acids is 1. The second-order valence-corrected chi connectivity index (χ2v) is 13.2. The minimum Gasteiger partial charge on any atom is -0.505 e. The number of hydrogen-bond donors (Lipinski definition) is 3. The van der Waals surface area contributed by atoms with Crippen LogP contribution in [0.4, 0.5) is 5.82 Å². The van der Waals surface area contributed by atoms with Crippen molar-refractivity contribution in [1.29, 1.82) is 0 Å². The van der Waals surface area contributed by atoms with Crippen molar-refractivity contribution in [2.45, 2.75) is 16.7 Å². The van der Waals surface area contributed by atoms with Crippen molar-refractivity contribution >= 4 is 37.5 Å². The van der Waals surface area contributed by atoms with Crippen molar-refractivity contribution in [2.75, 3.05) is 12.4 Å². The molecule has 0 radical (unpaired) electrons. The van der Waals surface area contributed by atoms with Crippen LogP contribution in [0.25, 0.3) is 28.1 Å². The first-order valence-corrected chi connectivity index (χ1v) is 16.3. The van der Waals surface area contributed by atoms with Crippen LogP contribution in [0.5, 0.6) is 0 Å². The van der Waals surface area contributed by atoms with E-state index >= 15 is 0 Å². The van der Waals surface area contributed by atoms with E-state index in [1.807, 2.05) is 37.3 Å². The minimum atomic E-state index is -3.91. The summed E-state index contributed by atoms with van der Waals surface area (Å²) in [6.07, 6.45) is 1.49. The number of benzene rings is 3. The third-order valence-electron chi connectivity index (χ3n) is 6.82. The molecule has 14 heteroatoms. The van der Waals surface area contributed by atoms with Gasteiger partial charge in [-0.05, 0) is 48.9 Å². The van der Waals surface area contributed by atoms with Gasteiger partial charge in [0, 0.05) is 24.4 Å². The average Bonchev–Trinajstić information content (AvgIpc) is 3.42. The number of hydrogen-bond acceptors (Lipinski definition) is 9. The summed E-state index contributed by atoms with van der Waals surface area (Å²) in [6.45, 7) is 1.82. The minimum absolute atomic E-state index is 0.0469. The lowest BCUT2D eigenvalue weighted by Gasteiger charge is -2.28. The summed E-state index contributed by atoms with van der Waals surface area (Å²) >= 11 is 0. The van der Waals surface area contributed by atoms with Gasteiger partial charge in [-0.2, -0.15) is 0 Å². The van der Waals surface area contributed by atoms with E-state index in [0.717, 1.165) is 26.7 Å². The van der Waals surface area contributed by atoms with Gasteiger partial charge in [-0.3, -0.25) is 9.10 Å². The van der Waals surface area contributed by atoms with Crippen molar-refractivity contribution in [2.24, 2.45) is 5.14 Å². The molecule has 3 aromatic carbocycles. The fraction of sp³-hybridized carbons (Fsp3) is 0.0645. The van der Waals surface area contributed by atoms with Gasteiger partial charge in [0.15, 0.2) is 11.5 Å². The number of amides is 1. The number of anilines is 1. The highest BCUT2D eigenvalue weighted by Crippen LogP contribution is 2.35. The monoisotopic (exact) mass is 645 g/mol. The lowest BCUT2D eigenvalue weighted by atomic mass is 10.00. The van der Waals surface area contributed by atoms with Gasteiger partial charge in [0.25, 0.3) is 15.9 Å². The molecule has 0 saturated carbocycles. The standard InChI is InChI=1S/C16H14N2O3S.C15H13N3O4S/c1-11-15(12-7-9-14(10-8-12)22(17,19)20)16(18-21-11)13-5-3-2-4-6-13;1-18-13(15(20)17-12-8-4-5-9-16-12)14(19)10-6-2-3-7-11(10)23(18,21)22/h2-10H,1H3,(H2,17,19,20);2-9,19H,1H3,(H,16,17,20). The molecular formula is C31H27N5O7S2. The highest BCUT2D eigenvalue weighted by Gasteiger charge is 2.37. The van der Waals surface area contributed by atoms with E-state index in [0.29, 0.717) is 5.76 Å². The summed E-state index contributed by atoms with van der Waals surface area (Å²) in [4.78, 5) is 16.4. The molecular weight excluding hydrogens is 619 g/mol. The van der Waals surface area contributed by atoms with Crippen molar-refractivity contribution in [1.82, 2.24) is 14.4 Å². The van der Waals surface area contributed by atoms with Crippen LogP contribution in [0.2, 0.25) is 0 Å². The zero-order valence-electron chi connectivity index (χ0n) is 23.9. The Kier molecular flexibility index (Phi) is 8.55. The number of fused-ring (bicyclic) bond motifs is 1. The first-order valence-electron chi connectivity index (χ1n) is 13.3.